The van der Waals surface area contributed by atoms with Gasteiger partial charge in [0.05, 0.1) is 13.3 Å². The largest absolute Gasteiger partial charge is 0.469 e. The lowest BCUT2D eigenvalue weighted by molar-refractivity contribution is -0.153. The highest BCUT2D eigenvalue weighted by Crippen LogP contribution is 2.67. The van der Waals surface area contributed by atoms with Crippen molar-refractivity contribution in [1.82, 2.24) is 10.9 Å². The van der Waals surface area contributed by atoms with Gasteiger partial charge >= 0.3 is 5.97 Å². The molecule has 0 unspecified atom stereocenters. The van der Waals surface area contributed by atoms with E-state index in [0.29, 0.717) is 53.3 Å². The highest BCUT2D eigenvalue weighted by molar-refractivity contribution is 7.80. The van der Waals surface area contributed by atoms with Gasteiger partial charge in [0, 0.05) is 24.5 Å². The molecule has 41 heavy (non-hydrogen) atoms. The molecule has 0 amide bonds. The van der Waals surface area contributed by atoms with Gasteiger partial charge in [0.15, 0.2) is 0 Å². The Kier molecular flexibility index (Phi) is 8.98. The van der Waals surface area contributed by atoms with Gasteiger partial charge in [-0.3, -0.25) is 20.4 Å². The zero-order valence-corrected chi connectivity index (χ0v) is 25.8. The maximum absolute atomic E-state index is 13.9. The van der Waals surface area contributed by atoms with Gasteiger partial charge < -0.3 is 4.74 Å². The van der Waals surface area contributed by atoms with Crippen LogP contribution in [0.2, 0.25) is 0 Å². The number of ketones is 1. The number of hydrazone groups is 2. The van der Waals surface area contributed by atoms with Crippen molar-refractivity contribution < 1.29 is 14.3 Å². The van der Waals surface area contributed by atoms with Crippen molar-refractivity contribution in [3.05, 3.63) is 35.9 Å². The summed E-state index contributed by atoms with van der Waals surface area (Å²) in [4.78, 5) is 25.7. The average Bonchev–Trinajstić information content (AvgIpc) is 3.33. The number of rotatable bonds is 7. The number of carbonyl (C=O) groups is 2. The number of fused-ring (bicyclic) bond motifs is 5. The fourth-order valence-electron chi connectivity index (χ4n) is 9.32. The van der Waals surface area contributed by atoms with E-state index in [1.807, 2.05) is 30.3 Å². The molecule has 0 aliphatic heterocycles. The maximum Gasteiger partial charge on any atom is 0.305 e. The van der Waals surface area contributed by atoms with Crippen molar-refractivity contribution in [2.45, 2.75) is 85.0 Å². The van der Waals surface area contributed by atoms with Gasteiger partial charge in [-0.15, -0.1) is 0 Å². The normalized spacial score (nSPS) is 36.2. The van der Waals surface area contributed by atoms with Gasteiger partial charge in [0.1, 0.15) is 5.78 Å². The van der Waals surface area contributed by atoms with Gasteiger partial charge in [-0.2, -0.15) is 10.2 Å². The van der Waals surface area contributed by atoms with E-state index in [2.05, 4.69) is 41.8 Å². The van der Waals surface area contributed by atoms with Crippen molar-refractivity contribution in [2.24, 2.45) is 56.5 Å². The highest BCUT2D eigenvalue weighted by Gasteiger charge is 2.62. The van der Waals surface area contributed by atoms with Crippen LogP contribution in [0.25, 0.3) is 0 Å². The second kappa shape index (κ2) is 12.3. The third kappa shape index (κ3) is 5.99. The molecule has 0 radical (unpaired) electrons. The first-order valence-corrected chi connectivity index (χ1v) is 15.9. The fraction of sp³-hybridized carbons (Fsp3) is 0.667. The number of esters is 1. The second-order valence-corrected chi connectivity index (χ2v) is 13.9. The summed E-state index contributed by atoms with van der Waals surface area (Å²) in [5, 5.41) is 9.19. The average molecular weight is 579 g/mol. The molecule has 0 bridgehead atoms. The molecular formula is C33H46N4O3S. The Morgan fingerprint density at radius 2 is 1.85 bits per heavy atom. The second-order valence-electron chi connectivity index (χ2n) is 13.5. The quantitative estimate of drug-likeness (QED) is 0.172. The van der Waals surface area contributed by atoms with Crippen molar-refractivity contribution in [1.29, 1.82) is 0 Å². The van der Waals surface area contributed by atoms with Crippen LogP contribution >= 0.6 is 12.2 Å². The minimum atomic E-state index is -0.119. The van der Waals surface area contributed by atoms with E-state index in [1.165, 1.54) is 20.0 Å². The first-order valence-electron chi connectivity index (χ1n) is 15.4. The van der Waals surface area contributed by atoms with Gasteiger partial charge in [-0.25, -0.2) is 0 Å². The topological polar surface area (TPSA) is 92.2 Å². The zero-order chi connectivity index (χ0) is 29.2. The summed E-state index contributed by atoms with van der Waals surface area (Å²) in [6.07, 6.45) is 11.2. The first kappa shape index (κ1) is 29.9. The number of ether oxygens (including phenoxy) is 1. The zero-order valence-electron chi connectivity index (χ0n) is 25.0. The first-order chi connectivity index (χ1) is 19.7. The third-order valence-corrected chi connectivity index (χ3v) is 11.8. The molecule has 8 heteroatoms. The number of Topliss-reactive ketones (excluding diaryl/α,β-unsaturated/α-hetero) is 1. The van der Waals surface area contributed by atoms with Crippen LogP contribution in [0, 0.1) is 46.3 Å². The summed E-state index contributed by atoms with van der Waals surface area (Å²) in [6.45, 7) is 7.23. The Morgan fingerprint density at radius 1 is 1.10 bits per heavy atom. The predicted octanol–water partition coefficient (Wildman–Crippen LogP) is 6.27. The number of nitrogens with zero attached hydrogens (tertiary/aromatic N) is 2. The Balaban J connectivity index is 1.20. The summed E-state index contributed by atoms with van der Waals surface area (Å²) in [6, 6.07) is 9.85. The predicted molar refractivity (Wildman–Crippen MR) is 166 cm³/mol. The Bertz CT molecular complexity index is 1200. The molecule has 0 spiro atoms. The van der Waals surface area contributed by atoms with Gasteiger partial charge in [-0.05, 0) is 110 Å². The SMILES string of the molecule is COC(=O)CC[C@@H](C)[C@H]1CC[C@H]2[C@@H]3C(=O)C[C@@H]4C/C(=N/NC(=S)N/N=C/c5ccccc5)CC[C@]4(C)[C@H]3CC[C@]12C. The number of methoxy groups -OCH3 is 1. The van der Waals surface area contributed by atoms with Crippen LogP contribution in [0.4, 0.5) is 0 Å². The highest BCUT2D eigenvalue weighted by atomic mass is 32.1. The molecule has 0 heterocycles. The summed E-state index contributed by atoms with van der Waals surface area (Å²) in [7, 11) is 1.47. The van der Waals surface area contributed by atoms with Gasteiger partial charge in [-0.1, -0.05) is 51.1 Å². The van der Waals surface area contributed by atoms with E-state index in [1.54, 1.807) is 6.21 Å². The van der Waals surface area contributed by atoms with E-state index in [4.69, 9.17) is 17.0 Å². The molecule has 8 atom stereocenters. The molecule has 7 nitrogen and oxygen atoms in total. The van der Waals surface area contributed by atoms with E-state index in [0.717, 1.165) is 49.8 Å². The van der Waals surface area contributed by atoms with E-state index in [9.17, 15) is 9.59 Å². The molecule has 1 aromatic carbocycles. The van der Waals surface area contributed by atoms with E-state index >= 15 is 0 Å². The Labute approximate surface area is 250 Å². The van der Waals surface area contributed by atoms with Crippen LogP contribution in [0.5, 0.6) is 0 Å². The third-order valence-electron chi connectivity index (χ3n) is 11.6. The van der Waals surface area contributed by atoms with Crippen LogP contribution in [0.1, 0.15) is 90.5 Å². The molecule has 4 saturated carbocycles. The van der Waals surface area contributed by atoms with Crippen molar-refractivity contribution in [3.8, 4) is 0 Å². The van der Waals surface area contributed by atoms with Crippen LogP contribution in [0.15, 0.2) is 40.5 Å². The monoisotopic (exact) mass is 578 g/mol. The van der Waals surface area contributed by atoms with Crippen LogP contribution in [0.3, 0.4) is 0 Å². The molecule has 4 fully saturated rings. The lowest BCUT2D eigenvalue weighted by Crippen LogP contribution is -2.57. The molecule has 1 aromatic rings. The molecule has 4 aliphatic rings. The van der Waals surface area contributed by atoms with E-state index in [-0.39, 0.29) is 22.7 Å². The van der Waals surface area contributed by atoms with Crippen LogP contribution < -0.4 is 10.9 Å². The molecule has 4 aliphatic carbocycles. The molecule has 222 valence electrons. The summed E-state index contributed by atoms with van der Waals surface area (Å²) >= 11 is 5.37. The number of benzene rings is 1. The Morgan fingerprint density at radius 3 is 2.61 bits per heavy atom. The standard InChI is InChI=1S/C33H46N4O3S/c1-21(10-13-29(39)40-4)25-11-12-26-30-27(15-17-33(25,26)3)32(2)16-14-24(18-23(32)19-28(30)38)35-37-31(41)36-34-20-22-8-6-5-7-9-22/h5-9,20-21,23,25-27,30H,10-19H2,1-4H3,(H2,36,37,41)/b34-20+,35-24+/t21-,23+,25-,26+,27+,30+,32+,33-/m1/s1. The summed E-state index contributed by atoms with van der Waals surface area (Å²) < 4.78 is 4.90. The van der Waals surface area contributed by atoms with E-state index < -0.39 is 0 Å². The number of hydrogen-bond acceptors (Lipinski definition) is 6. The molecule has 5 rings (SSSR count). The minimum absolute atomic E-state index is 0.119. The van der Waals surface area contributed by atoms with Gasteiger partial charge in [0.2, 0.25) is 5.11 Å². The molecule has 0 aromatic heterocycles. The number of hydrogen-bond donors (Lipinski definition) is 2. The maximum atomic E-state index is 13.9. The number of thiocarbonyl (C=S) groups is 1. The van der Waals surface area contributed by atoms with Crippen molar-refractivity contribution in [2.75, 3.05) is 7.11 Å². The van der Waals surface area contributed by atoms with Crippen molar-refractivity contribution >= 4 is 41.0 Å². The van der Waals surface area contributed by atoms with Gasteiger partial charge in [0.25, 0.3) is 0 Å². The lowest BCUT2D eigenvalue weighted by Gasteiger charge is -2.60. The number of carbonyl (C=O) groups excluding carboxylic acids is 2. The lowest BCUT2D eigenvalue weighted by atomic mass is 9.44. The molecular weight excluding hydrogens is 532 g/mol. The smallest absolute Gasteiger partial charge is 0.305 e. The minimum Gasteiger partial charge on any atom is -0.469 e. The van der Waals surface area contributed by atoms with Crippen LogP contribution in [-0.4, -0.2) is 35.9 Å². The molecule has 2 N–H and O–H groups in total. The Hall–Kier alpha value is -2.61. The molecule has 0 saturated heterocycles. The van der Waals surface area contributed by atoms with Crippen LogP contribution in [-0.2, 0) is 14.3 Å². The summed E-state index contributed by atoms with van der Waals surface area (Å²) in [5.74, 6) is 2.85. The van der Waals surface area contributed by atoms with Crippen molar-refractivity contribution in [3.63, 3.8) is 0 Å². The summed E-state index contributed by atoms with van der Waals surface area (Å²) in [5.41, 5.74) is 8.25. The number of nitrogens with one attached hydrogen (secondary N) is 2. The fourth-order valence-corrected chi connectivity index (χ4v) is 9.42.